The quantitative estimate of drug-likeness (QED) is 0.390. The molecular formula is C16H10F3NO4S. The summed E-state index contributed by atoms with van der Waals surface area (Å²) < 4.78 is 65.6. The molecule has 1 heterocycles. The van der Waals surface area contributed by atoms with Crippen LogP contribution in [0.5, 0.6) is 0 Å². The Bertz CT molecular complexity index is 966. The van der Waals surface area contributed by atoms with Gasteiger partial charge in [-0.25, -0.2) is 0 Å². The molecule has 0 unspecified atom stereocenters. The number of hydrogen-bond donors (Lipinski definition) is 1. The van der Waals surface area contributed by atoms with Crippen LogP contribution in [0.3, 0.4) is 0 Å². The third-order valence-electron chi connectivity index (χ3n) is 3.41. The smallest absolute Gasteiger partial charge is 0.375 e. The van der Waals surface area contributed by atoms with E-state index < -0.39 is 27.3 Å². The van der Waals surface area contributed by atoms with Crippen molar-refractivity contribution in [2.45, 2.75) is 5.51 Å². The van der Waals surface area contributed by atoms with E-state index in [0.29, 0.717) is 5.69 Å². The predicted octanol–water partition coefficient (Wildman–Crippen LogP) is 3.37. The molecule has 0 radical (unpaired) electrons. The minimum atomic E-state index is -5.95. The zero-order valence-electron chi connectivity index (χ0n) is 12.4. The van der Waals surface area contributed by atoms with Crippen LogP contribution < -0.4 is 5.32 Å². The summed E-state index contributed by atoms with van der Waals surface area (Å²) in [6.45, 7) is 0. The number of carbonyl (C=O) groups is 1. The van der Waals surface area contributed by atoms with Crippen molar-refractivity contribution in [1.82, 2.24) is 0 Å². The van der Waals surface area contributed by atoms with Crippen molar-refractivity contribution in [3.8, 4) is 0 Å². The standard InChI is InChI=1S/C16H10F3NO4S/c17-16(18,19)25(22,23)24-14(10-6-2-1-3-7-10)13-11-8-4-5-9-12(11)20-15(13)21/h1-9H,(H,20,21)/b14-13-. The van der Waals surface area contributed by atoms with Crippen molar-refractivity contribution in [1.29, 1.82) is 0 Å². The topological polar surface area (TPSA) is 72.5 Å². The van der Waals surface area contributed by atoms with Crippen molar-refractivity contribution in [3.63, 3.8) is 0 Å². The second-order valence-electron chi connectivity index (χ2n) is 5.05. The minimum Gasteiger partial charge on any atom is -0.375 e. The molecule has 0 saturated carbocycles. The van der Waals surface area contributed by atoms with Crippen LogP contribution in [0.4, 0.5) is 18.9 Å². The van der Waals surface area contributed by atoms with Gasteiger partial charge < -0.3 is 9.50 Å². The Labute approximate surface area is 140 Å². The van der Waals surface area contributed by atoms with Crippen LogP contribution in [0.25, 0.3) is 11.3 Å². The van der Waals surface area contributed by atoms with E-state index in [2.05, 4.69) is 9.50 Å². The number of anilines is 1. The van der Waals surface area contributed by atoms with Gasteiger partial charge >= 0.3 is 15.6 Å². The molecule has 1 aliphatic heterocycles. The number of rotatable bonds is 3. The summed E-state index contributed by atoms with van der Waals surface area (Å²) >= 11 is 0. The highest BCUT2D eigenvalue weighted by molar-refractivity contribution is 7.87. The Kier molecular flexibility index (Phi) is 4.03. The average molecular weight is 369 g/mol. The fraction of sp³-hybridized carbons (Fsp3) is 0.0625. The van der Waals surface area contributed by atoms with Crippen molar-refractivity contribution in [2.75, 3.05) is 5.32 Å². The summed E-state index contributed by atoms with van der Waals surface area (Å²) in [4.78, 5) is 12.3. The number of para-hydroxylation sites is 1. The van der Waals surface area contributed by atoms with Gasteiger partial charge in [-0.1, -0.05) is 48.5 Å². The lowest BCUT2D eigenvalue weighted by molar-refractivity contribution is -0.110. The summed E-state index contributed by atoms with van der Waals surface area (Å²) in [5, 5.41) is 2.47. The van der Waals surface area contributed by atoms with Crippen LogP contribution in [0.15, 0.2) is 54.6 Å². The highest BCUT2D eigenvalue weighted by atomic mass is 32.2. The average Bonchev–Trinajstić information content (AvgIpc) is 2.88. The maximum absolute atomic E-state index is 12.8. The number of fused-ring (bicyclic) bond motifs is 1. The molecule has 3 rings (SSSR count). The Hall–Kier alpha value is -2.81. The molecule has 0 saturated heterocycles. The van der Waals surface area contributed by atoms with E-state index in [0.717, 1.165) is 0 Å². The molecule has 0 bridgehead atoms. The van der Waals surface area contributed by atoms with Gasteiger partial charge in [-0.05, 0) is 6.07 Å². The molecule has 25 heavy (non-hydrogen) atoms. The van der Waals surface area contributed by atoms with E-state index in [1.165, 1.54) is 30.3 Å². The molecule has 0 atom stereocenters. The first-order chi connectivity index (χ1) is 11.7. The molecule has 2 aromatic rings. The van der Waals surface area contributed by atoms with E-state index in [1.54, 1.807) is 24.3 Å². The first kappa shape index (κ1) is 17.0. The zero-order chi connectivity index (χ0) is 18.2. The Morgan fingerprint density at radius 3 is 2.20 bits per heavy atom. The van der Waals surface area contributed by atoms with Crippen LogP contribution in [-0.2, 0) is 19.1 Å². The maximum Gasteiger partial charge on any atom is 0.534 e. The number of alkyl halides is 3. The normalized spacial score (nSPS) is 16.2. The number of benzene rings is 2. The summed E-state index contributed by atoms with van der Waals surface area (Å²) in [7, 11) is -5.95. The lowest BCUT2D eigenvalue weighted by atomic mass is 10.0. The van der Waals surface area contributed by atoms with E-state index >= 15 is 0 Å². The lowest BCUT2D eigenvalue weighted by Gasteiger charge is -2.14. The SMILES string of the molecule is O=C1Nc2ccccc2/C1=C(/OS(=O)(=O)C(F)(F)F)c1ccccc1. The molecule has 0 fully saturated rings. The molecular weight excluding hydrogens is 359 g/mol. The second-order valence-corrected chi connectivity index (χ2v) is 6.59. The van der Waals surface area contributed by atoms with Crippen molar-refractivity contribution < 1.29 is 30.6 Å². The van der Waals surface area contributed by atoms with Gasteiger partial charge in [0.1, 0.15) is 0 Å². The fourth-order valence-corrected chi connectivity index (χ4v) is 2.82. The van der Waals surface area contributed by atoms with Crippen molar-refractivity contribution in [2.24, 2.45) is 0 Å². The first-order valence-corrected chi connectivity index (χ1v) is 8.33. The van der Waals surface area contributed by atoms with E-state index in [1.807, 2.05) is 0 Å². The maximum atomic E-state index is 12.8. The highest BCUT2D eigenvalue weighted by Gasteiger charge is 2.49. The number of nitrogens with one attached hydrogen (secondary N) is 1. The largest absolute Gasteiger partial charge is 0.534 e. The molecule has 0 spiro atoms. The van der Waals surface area contributed by atoms with Gasteiger partial charge in [-0.15, -0.1) is 0 Å². The van der Waals surface area contributed by atoms with Crippen molar-refractivity contribution >= 4 is 33.0 Å². The van der Waals surface area contributed by atoms with Crippen LogP contribution in [0.1, 0.15) is 11.1 Å². The van der Waals surface area contributed by atoms with Crippen LogP contribution in [-0.4, -0.2) is 19.8 Å². The van der Waals surface area contributed by atoms with Gasteiger partial charge in [-0.3, -0.25) is 4.79 Å². The fourth-order valence-electron chi connectivity index (χ4n) is 2.32. The number of carbonyl (C=O) groups excluding carboxylic acids is 1. The molecule has 1 amide bonds. The second kappa shape index (κ2) is 5.92. The molecule has 5 nitrogen and oxygen atoms in total. The van der Waals surface area contributed by atoms with Gasteiger partial charge in [0.25, 0.3) is 5.91 Å². The molecule has 1 aliphatic rings. The number of halogens is 3. The van der Waals surface area contributed by atoms with Gasteiger partial charge in [0, 0.05) is 16.8 Å². The van der Waals surface area contributed by atoms with Crippen LogP contribution in [0, 0.1) is 0 Å². The Balaban J connectivity index is 2.25. The third-order valence-corrected chi connectivity index (χ3v) is 4.36. The van der Waals surface area contributed by atoms with Gasteiger partial charge in [0.15, 0.2) is 5.76 Å². The number of hydrogen-bond acceptors (Lipinski definition) is 4. The molecule has 1 N–H and O–H groups in total. The highest BCUT2D eigenvalue weighted by Crippen LogP contribution is 2.39. The van der Waals surface area contributed by atoms with Crippen LogP contribution >= 0.6 is 0 Å². The van der Waals surface area contributed by atoms with E-state index in [-0.39, 0.29) is 16.7 Å². The molecule has 9 heteroatoms. The summed E-state index contributed by atoms with van der Waals surface area (Å²) in [5.41, 5.74) is -5.28. The Morgan fingerprint density at radius 2 is 1.56 bits per heavy atom. The summed E-state index contributed by atoms with van der Waals surface area (Å²) in [5.74, 6) is -1.43. The molecule has 0 aromatic heterocycles. The van der Waals surface area contributed by atoms with E-state index in [9.17, 15) is 26.4 Å². The van der Waals surface area contributed by atoms with Gasteiger partial charge in [-0.2, -0.15) is 21.6 Å². The van der Waals surface area contributed by atoms with E-state index in [4.69, 9.17) is 0 Å². The Morgan fingerprint density at radius 1 is 0.960 bits per heavy atom. The zero-order valence-corrected chi connectivity index (χ0v) is 13.2. The predicted molar refractivity (Wildman–Crippen MR) is 84.4 cm³/mol. The number of amides is 1. The molecule has 0 aliphatic carbocycles. The molecule has 130 valence electrons. The third kappa shape index (κ3) is 3.10. The van der Waals surface area contributed by atoms with Gasteiger partial charge in [0.05, 0.1) is 5.57 Å². The monoisotopic (exact) mass is 369 g/mol. The van der Waals surface area contributed by atoms with Gasteiger partial charge in [0.2, 0.25) is 0 Å². The lowest BCUT2D eigenvalue weighted by Crippen LogP contribution is -2.25. The summed E-state index contributed by atoms with van der Waals surface area (Å²) in [6.07, 6.45) is 0. The van der Waals surface area contributed by atoms with Crippen molar-refractivity contribution in [3.05, 3.63) is 65.7 Å². The summed E-state index contributed by atoms with van der Waals surface area (Å²) in [6, 6.07) is 13.5. The molecule has 2 aromatic carbocycles. The minimum absolute atomic E-state index is 0.0252. The first-order valence-electron chi connectivity index (χ1n) is 6.92. The van der Waals surface area contributed by atoms with Crippen LogP contribution in [0.2, 0.25) is 0 Å².